The van der Waals surface area contributed by atoms with Crippen LogP contribution in [-0.2, 0) is 27.7 Å². The normalized spacial score (nSPS) is 0. The van der Waals surface area contributed by atoms with Gasteiger partial charge in [-0.2, -0.15) is 0 Å². The third-order valence-electron chi connectivity index (χ3n) is 0. The first kappa shape index (κ1) is 89.7. The molecule has 0 saturated heterocycles. The van der Waals surface area contributed by atoms with E-state index in [0.29, 0.717) is 0 Å². The topological polar surface area (TPSA) is 0 Å². The Morgan fingerprint density at radius 2 is 0.500 bits per heavy atom. The first-order valence-corrected chi connectivity index (χ1v) is 0. The summed E-state index contributed by atoms with van der Waals surface area (Å²) >= 11 is 0. The van der Waals surface area contributed by atoms with Gasteiger partial charge >= 0.3 is 0 Å². The van der Waals surface area contributed by atoms with Crippen molar-refractivity contribution < 1.29 is 27.7 Å². The second kappa shape index (κ2) is 58.2. The van der Waals surface area contributed by atoms with Crippen molar-refractivity contribution in [3.8, 4) is 0 Å². The van der Waals surface area contributed by atoms with Crippen molar-refractivity contribution >= 4 is 58.0 Å². The van der Waals surface area contributed by atoms with Crippen molar-refractivity contribution in [2.24, 2.45) is 0 Å². The molecule has 0 atom stereocenters. The fraction of sp³-hybridized carbons (Fsp3) is 0. The molecule has 0 aliphatic carbocycles. The molecule has 6 heavy (non-hydrogen) atoms. The number of rotatable bonds is 0. The van der Waals surface area contributed by atoms with Crippen LogP contribution >= 0.6 is 49.6 Å². The summed E-state index contributed by atoms with van der Waals surface area (Å²) in [5.74, 6) is 0. The maximum Gasteiger partial charge on any atom is 0 e. The summed E-state index contributed by atoms with van der Waals surface area (Å²) < 4.78 is 0. The Labute approximate surface area is 84.9 Å². The standard InChI is InChI=1S/B.4ClH.Hg/h;4*1H;. The predicted molar refractivity (Wildman–Crippen MR) is 34.7 cm³/mol. The third kappa shape index (κ3) is 35.2. The van der Waals surface area contributed by atoms with Crippen molar-refractivity contribution in [3.63, 3.8) is 0 Å². The molecule has 0 fully saturated rings. The molecule has 0 aliphatic heterocycles. The van der Waals surface area contributed by atoms with Gasteiger partial charge < -0.3 is 0 Å². The van der Waals surface area contributed by atoms with E-state index >= 15 is 0 Å². The Balaban J connectivity index is 0. The van der Waals surface area contributed by atoms with E-state index < -0.39 is 0 Å². The van der Waals surface area contributed by atoms with Gasteiger partial charge in [0, 0.05) is 36.1 Å². The van der Waals surface area contributed by atoms with E-state index in [2.05, 4.69) is 0 Å². The molecule has 0 aromatic carbocycles. The first-order chi connectivity index (χ1) is 0. The van der Waals surface area contributed by atoms with Gasteiger partial charge in [0.05, 0.1) is 0 Å². The number of halogens is 4. The summed E-state index contributed by atoms with van der Waals surface area (Å²) in [6.07, 6.45) is 0. The summed E-state index contributed by atoms with van der Waals surface area (Å²) in [6, 6.07) is 0. The van der Waals surface area contributed by atoms with Gasteiger partial charge in [-0.25, -0.2) is 0 Å². The number of hydrogen-bond donors (Lipinski definition) is 0. The molecule has 0 aromatic heterocycles. The monoisotopic (exact) mass is 357 g/mol. The molecule has 0 aromatic rings. The van der Waals surface area contributed by atoms with Gasteiger partial charge in [-0.3, -0.25) is 0 Å². The van der Waals surface area contributed by atoms with Crippen LogP contribution in [0.2, 0.25) is 0 Å². The van der Waals surface area contributed by atoms with E-state index in [0.717, 1.165) is 0 Å². The quantitative estimate of drug-likeness (QED) is 0.574. The maximum atomic E-state index is 0. The number of hydrogen-bond acceptors (Lipinski definition) is 0. The Hall–Kier alpha value is 2.16. The first-order valence-electron chi connectivity index (χ1n) is 0. The molecule has 6 heteroatoms. The molecule has 0 rings (SSSR count). The average Bonchev–Trinajstić information content (AvgIpc) is 0. The molecule has 0 N–H and O–H groups in total. The van der Waals surface area contributed by atoms with Crippen LogP contribution in [-0.4, -0.2) is 8.41 Å². The van der Waals surface area contributed by atoms with Crippen molar-refractivity contribution in [1.29, 1.82) is 0 Å². The Bertz CT molecular complexity index is 7.51. The Morgan fingerprint density at radius 3 is 0.500 bits per heavy atom. The van der Waals surface area contributed by atoms with Gasteiger partial charge in [0.25, 0.3) is 0 Å². The van der Waals surface area contributed by atoms with E-state index in [-0.39, 0.29) is 85.7 Å². The Kier molecular flexibility index (Phi) is 870. The zero-order valence-electron chi connectivity index (χ0n) is 2.92. The van der Waals surface area contributed by atoms with Crippen LogP contribution in [0, 0.1) is 0 Å². The predicted octanol–water partition coefficient (Wildman–Crippen LogP) is 1.30. The van der Waals surface area contributed by atoms with Crippen LogP contribution in [0.3, 0.4) is 0 Å². The summed E-state index contributed by atoms with van der Waals surface area (Å²) in [7, 11) is 0. The van der Waals surface area contributed by atoms with Crippen LogP contribution in [0.1, 0.15) is 0 Å². The van der Waals surface area contributed by atoms with Crippen LogP contribution in [0.5, 0.6) is 0 Å². The molecule has 37 valence electrons. The molecule has 0 bridgehead atoms. The molecule has 0 heterocycles. The summed E-state index contributed by atoms with van der Waals surface area (Å²) in [5.41, 5.74) is 0. The van der Waals surface area contributed by atoms with Gasteiger partial charge in [0.15, 0.2) is 0 Å². The minimum atomic E-state index is 0. The minimum absolute atomic E-state index is 0. The van der Waals surface area contributed by atoms with Crippen LogP contribution in [0.25, 0.3) is 0 Å². The summed E-state index contributed by atoms with van der Waals surface area (Å²) in [6.45, 7) is 0. The average molecular weight is 357 g/mol. The van der Waals surface area contributed by atoms with Gasteiger partial charge in [0.1, 0.15) is 0 Å². The van der Waals surface area contributed by atoms with Gasteiger partial charge in [-0.05, 0) is 0 Å². The van der Waals surface area contributed by atoms with E-state index in [1.54, 1.807) is 0 Å². The molecule has 0 saturated carbocycles. The second-order valence-corrected chi connectivity index (χ2v) is 0. The van der Waals surface area contributed by atoms with E-state index in [1.165, 1.54) is 0 Å². The summed E-state index contributed by atoms with van der Waals surface area (Å²) in [5, 5.41) is 0. The molecule has 0 unspecified atom stereocenters. The fourth-order valence-corrected chi connectivity index (χ4v) is 0. The van der Waals surface area contributed by atoms with Crippen LogP contribution in [0.4, 0.5) is 0 Å². The van der Waals surface area contributed by atoms with Gasteiger partial charge in [-0.15, -0.1) is 49.6 Å². The maximum absolute atomic E-state index is 0. The van der Waals surface area contributed by atoms with Crippen molar-refractivity contribution in [2.45, 2.75) is 0 Å². The van der Waals surface area contributed by atoms with Crippen molar-refractivity contribution in [1.82, 2.24) is 0 Å². The fourth-order valence-electron chi connectivity index (χ4n) is 0. The third-order valence-corrected chi connectivity index (χ3v) is 0. The van der Waals surface area contributed by atoms with Gasteiger partial charge in [0.2, 0.25) is 0 Å². The van der Waals surface area contributed by atoms with Gasteiger partial charge in [-0.1, -0.05) is 0 Å². The zero-order chi connectivity index (χ0) is 0. The molecular formula is H4BCl4Hg. The largest absolute Gasteiger partial charge is 0.147 e. The minimum Gasteiger partial charge on any atom is -0.147 e. The van der Waals surface area contributed by atoms with Crippen LogP contribution < -0.4 is 0 Å². The smallest absolute Gasteiger partial charge is 0 e. The molecule has 0 amide bonds. The SMILES string of the molecule is Cl.Cl.Cl.Cl.[B].[Hg]. The van der Waals surface area contributed by atoms with E-state index in [4.69, 9.17) is 0 Å². The summed E-state index contributed by atoms with van der Waals surface area (Å²) in [4.78, 5) is 0. The van der Waals surface area contributed by atoms with Crippen molar-refractivity contribution in [3.05, 3.63) is 0 Å². The van der Waals surface area contributed by atoms with E-state index in [9.17, 15) is 0 Å². The molecule has 0 aliphatic rings. The molecule has 0 spiro atoms. The zero-order valence-corrected chi connectivity index (χ0v) is 11.7. The van der Waals surface area contributed by atoms with Crippen LogP contribution in [0.15, 0.2) is 0 Å². The Morgan fingerprint density at radius 1 is 0.500 bits per heavy atom. The van der Waals surface area contributed by atoms with E-state index in [1.807, 2.05) is 0 Å². The molecular weight excluding hydrogens is 353 g/mol. The molecule has 0 nitrogen and oxygen atoms in total. The van der Waals surface area contributed by atoms with Crippen molar-refractivity contribution in [2.75, 3.05) is 0 Å². The second-order valence-electron chi connectivity index (χ2n) is 0. The molecule has 3 radical (unpaired) electrons.